The number of allylic oxidation sites excluding steroid dienone is 1. The van der Waals surface area contributed by atoms with E-state index in [0.717, 1.165) is 5.56 Å². The van der Waals surface area contributed by atoms with Gasteiger partial charge in [0.15, 0.2) is 5.78 Å². The Bertz CT molecular complexity index is 878. The van der Waals surface area contributed by atoms with Crippen LogP contribution in [0.15, 0.2) is 42.4 Å². The summed E-state index contributed by atoms with van der Waals surface area (Å²) in [5.41, 5.74) is 1.37. The van der Waals surface area contributed by atoms with E-state index < -0.39 is 0 Å². The molecule has 3 rings (SSSR count). The van der Waals surface area contributed by atoms with Crippen molar-refractivity contribution < 1.29 is 14.4 Å². The fourth-order valence-electron chi connectivity index (χ4n) is 3.12. The van der Waals surface area contributed by atoms with E-state index in [0.29, 0.717) is 37.6 Å². The molecule has 0 aliphatic carbocycles. The van der Waals surface area contributed by atoms with Crippen LogP contribution in [0.5, 0.6) is 0 Å². The van der Waals surface area contributed by atoms with Crippen LogP contribution in [0, 0.1) is 11.3 Å². The topological polar surface area (TPSA) is 84.7 Å². The molecular weight excluding hydrogens is 380 g/mol. The van der Waals surface area contributed by atoms with Crippen LogP contribution < -0.4 is 0 Å². The maximum Gasteiger partial charge on any atom is 0.239 e. The van der Waals surface area contributed by atoms with Crippen molar-refractivity contribution in [1.29, 1.82) is 5.26 Å². The normalized spacial score (nSPS) is 17.7. The summed E-state index contributed by atoms with van der Waals surface area (Å²) in [5, 5.41) is 8.96. The summed E-state index contributed by atoms with van der Waals surface area (Å²) < 4.78 is 0. The van der Waals surface area contributed by atoms with E-state index >= 15 is 0 Å². The minimum Gasteiger partial charge on any atom is -0.354 e. The number of benzene rings is 1. The minimum atomic E-state index is -0.299. The Labute approximate surface area is 168 Å². The first-order valence-electron chi connectivity index (χ1n) is 8.85. The van der Waals surface area contributed by atoms with E-state index in [1.165, 1.54) is 17.2 Å². The minimum absolute atomic E-state index is 0.0522. The predicted octanol–water partition coefficient (Wildman–Crippen LogP) is 1.55. The Morgan fingerprint density at radius 3 is 2.32 bits per heavy atom. The molecule has 0 spiro atoms. The van der Waals surface area contributed by atoms with E-state index in [-0.39, 0.29) is 29.9 Å². The van der Waals surface area contributed by atoms with Gasteiger partial charge in [0, 0.05) is 32.4 Å². The molecule has 1 fully saturated rings. The lowest BCUT2D eigenvalue weighted by atomic mass is 10.1. The summed E-state index contributed by atoms with van der Waals surface area (Å²) in [6.45, 7) is 2.08. The Morgan fingerprint density at radius 1 is 1.11 bits per heavy atom. The van der Waals surface area contributed by atoms with Gasteiger partial charge in [0.1, 0.15) is 11.7 Å². The zero-order chi connectivity index (χ0) is 20.1. The molecule has 0 bridgehead atoms. The number of amides is 2. The summed E-state index contributed by atoms with van der Waals surface area (Å²) in [6.07, 6.45) is 4.55. The number of piperazine rings is 1. The highest BCUT2D eigenvalue weighted by Gasteiger charge is 2.28. The monoisotopic (exact) mass is 398 g/mol. The third-order valence-corrected chi connectivity index (χ3v) is 4.89. The second-order valence-electron chi connectivity index (χ2n) is 6.46. The van der Waals surface area contributed by atoms with Gasteiger partial charge in [-0.1, -0.05) is 12.1 Å². The quantitative estimate of drug-likeness (QED) is 0.567. The van der Waals surface area contributed by atoms with E-state index in [1.54, 1.807) is 29.2 Å². The summed E-state index contributed by atoms with van der Waals surface area (Å²) in [4.78, 5) is 41.0. The lowest BCUT2D eigenvalue weighted by Crippen LogP contribution is -2.51. The van der Waals surface area contributed by atoms with Gasteiger partial charge in [-0.25, -0.2) is 0 Å². The molecule has 1 saturated heterocycles. The summed E-state index contributed by atoms with van der Waals surface area (Å²) in [7, 11) is 0. The number of rotatable bonds is 4. The van der Waals surface area contributed by atoms with Crippen molar-refractivity contribution in [2.75, 3.05) is 32.1 Å². The number of carbonyl (C=O) groups is 3. The molecule has 0 N–H and O–H groups in total. The second-order valence-corrected chi connectivity index (χ2v) is 6.73. The van der Waals surface area contributed by atoms with E-state index in [2.05, 4.69) is 6.07 Å². The number of alkyl halides is 1. The highest BCUT2D eigenvalue weighted by Crippen LogP contribution is 2.22. The van der Waals surface area contributed by atoms with Crippen molar-refractivity contribution in [3.8, 4) is 6.07 Å². The van der Waals surface area contributed by atoms with Crippen molar-refractivity contribution >= 4 is 35.3 Å². The lowest BCUT2D eigenvalue weighted by Gasteiger charge is -2.40. The average Bonchev–Trinajstić information content (AvgIpc) is 2.72. The molecule has 144 valence electrons. The zero-order valence-corrected chi connectivity index (χ0v) is 15.9. The van der Waals surface area contributed by atoms with Crippen molar-refractivity contribution in [2.45, 2.75) is 6.42 Å². The van der Waals surface area contributed by atoms with E-state index in [9.17, 15) is 14.4 Å². The number of ketones is 1. The number of nitrogens with zero attached hydrogens (tertiary/aromatic N) is 4. The Hall–Kier alpha value is -3.11. The van der Waals surface area contributed by atoms with E-state index in [4.69, 9.17) is 16.9 Å². The molecule has 0 unspecified atom stereocenters. The Balaban J connectivity index is 1.89. The van der Waals surface area contributed by atoms with Gasteiger partial charge in [0.05, 0.1) is 18.1 Å². The Morgan fingerprint density at radius 2 is 1.75 bits per heavy atom. The van der Waals surface area contributed by atoms with Gasteiger partial charge in [0.25, 0.3) is 0 Å². The van der Waals surface area contributed by atoms with Crippen LogP contribution in [0.2, 0.25) is 0 Å². The summed E-state index contributed by atoms with van der Waals surface area (Å²) in [5.74, 6) is -0.0540. The predicted molar refractivity (Wildman–Crippen MR) is 104 cm³/mol. The van der Waals surface area contributed by atoms with Crippen LogP contribution >= 0.6 is 11.6 Å². The molecule has 7 nitrogen and oxygen atoms in total. The number of carbonyl (C=O) groups excluding carboxylic acids is 3. The molecule has 0 saturated carbocycles. The molecule has 0 aromatic heterocycles. The lowest BCUT2D eigenvalue weighted by molar-refractivity contribution is -0.134. The van der Waals surface area contributed by atoms with Gasteiger partial charge >= 0.3 is 0 Å². The first kappa shape index (κ1) is 19.6. The maximum absolute atomic E-state index is 12.5. The molecule has 0 atom stereocenters. The molecule has 1 aromatic carbocycles. The van der Waals surface area contributed by atoms with Gasteiger partial charge in [-0.3, -0.25) is 19.3 Å². The number of hydrogen-bond acceptors (Lipinski definition) is 5. The standard InChI is InChI=1S/C20H19ClN4O3/c21-13-20(28)24-9-7-23(8-10-24)18(25-6-5-17(26)12-19(25)27)11-15-1-3-16(14-22)4-2-15/h1-6,11H,7-10,12-13H2/b18-11-. The molecule has 8 heteroatoms. The van der Waals surface area contributed by atoms with Crippen molar-refractivity contribution in [3.05, 3.63) is 53.5 Å². The van der Waals surface area contributed by atoms with Crippen LogP contribution in [0.3, 0.4) is 0 Å². The van der Waals surface area contributed by atoms with Crippen molar-refractivity contribution in [3.63, 3.8) is 0 Å². The molecule has 0 radical (unpaired) electrons. The third-order valence-electron chi connectivity index (χ3n) is 4.66. The molecule has 2 heterocycles. The maximum atomic E-state index is 12.5. The first-order valence-corrected chi connectivity index (χ1v) is 9.39. The largest absolute Gasteiger partial charge is 0.354 e. The summed E-state index contributed by atoms with van der Waals surface area (Å²) >= 11 is 5.64. The SMILES string of the molecule is N#Cc1ccc(/C=C(/N2CCN(C(=O)CCl)CC2)N2C=CC(=O)CC2=O)cc1. The van der Waals surface area contributed by atoms with Crippen LogP contribution in [-0.4, -0.2) is 64.4 Å². The number of nitriles is 1. The van der Waals surface area contributed by atoms with E-state index in [1.807, 2.05) is 11.0 Å². The highest BCUT2D eigenvalue weighted by atomic mass is 35.5. The summed E-state index contributed by atoms with van der Waals surface area (Å²) in [6, 6.07) is 9.09. The van der Waals surface area contributed by atoms with Gasteiger partial charge in [0.2, 0.25) is 11.8 Å². The third kappa shape index (κ3) is 4.41. The number of halogens is 1. The second kappa shape index (κ2) is 8.72. The van der Waals surface area contributed by atoms with Gasteiger partial charge < -0.3 is 9.80 Å². The molecule has 1 aromatic rings. The van der Waals surface area contributed by atoms with Gasteiger partial charge in [-0.15, -0.1) is 11.6 Å². The van der Waals surface area contributed by atoms with Crippen LogP contribution in [-0.2, 0) is 14.4 Å². The highest BCUT2D eigenvalue weighted by molar-refractivity contribution is 6.27. The Kier molecular flexibility index (Phi) is 6.12. The van der Waals surface area contributed by atoms with Crippen LogP contribution in [0.1, 0.15) is 17.5 Å². The smallest absolute Gasteiger partial charge is 0.239 e. The van der Waals surface area contributed by atoms with Gasteiger partial charge in [-0.05, 0) is 29.8 Å². The van der Waals surface area contributed by atoms with Crippen LogP contribution in [0.25, 0.3) is 6.08 Å². The number of hydrogen-bond donors (Lipinski definition) is 0. The fourth-order valence-corrected chi connectivity index (χ4v) is 3.29. The molecule has 2 aliphatic heterocycles. The fraction of sp³-hybridized carbons (Fsp3) is 0.300. The molecule has 2 aliphatic rings. The van der Waals surface area contributed by atoms with Gasteiger partial charge in [-0.2, -0.15) is 5.26 Å². The van der Waals surface area contributed by atoms with Crippen LogP contribution in [0.4, 0.5) is 0 Å². The van der Waals surface area contributed by atoms with Crippen molar-refractivity contribution in [1.82, 2.24) is 14.7 Å². The average molecular weight is 399 g/mol. The molecular formula is C20H19ClN4O3. The molecule has 28 heavy (non-hydrogen) atoms. The van der Waals surface area contributed by atoms with Crippen molar-refractivity contribution in [2.24, 2.45) is 0 Å². The molecule has 2 amide bonds. The zero-order valence-electron chi connectivity index (χ0n) is 15.2. The first-order chi connectivity index (χ1) is 13.5.